The summed E-state index contributed by atoms with van der Waals surface area (Å²) in [6.45, 7) is 1.05. The van der Waals surface area contributed by atoms with Gasteiger partial charge >= 0.3 is 0 Å². The van der Waals surface area contributed by atoms with Crippen LogP contribution in [0.4, 0.5) is 14.6 Å². The smallest absolute Gasteiger partial charge is 0.254 e. The van der Waals surface area contributed by atoms with Crippen molar-refractivity contribution in [3.8, 4) is 22.6 Å². The van der Waals surface area contributed by atoms with Crippen molar-refractivity contribution >= 4 is 21.6 Å². The molecule has 1 aliphatic heterocycles. The van der Waals surface area contributed by atoms with Crippen molar-refractivity contribution < 1.29 is 26.7 Å². The largest absolute Gasteiger partial charge is 0.493 e. The molecule has 194 valence electrons. The lowest BCUT2D eigenvalue weighted by Crippen LogP contribution is -2.36. The molecule has 0 spiro atoms. The number of sulfonamides is 1. The Morgan fingerprint density at radius 3 is 2.49 bits per heavy atom. The topological polar surface area (TPSA) is 102 Å². The fourth-order valence-corrected chi connectivity index (χ4v) is 5.96. The molecule has 1 aliphatic rings. The van der Waals surface area contributed by atoms with Crippen LogP contribution in [0.1, 0.15) is 6.42 Å². The number of hydrogen-bond acceptors (Lipinski definition) is 8. The number of methoxy groups -OCH3 is 2. The normalized spacial score (nSPS) is 15.1. The second-order valence-corrected chi connectivity index (χ2v) is 10.3. The van der Waals surface area contributed by atoms with Gasteiger partial charge in [0.2, 0.25) is 10.0 Å². The zero-order valence-electron chi connectivity index (χ0n) is 20.1. The van der Waals surface area contributed by atoms with Crippen LogP contribution in [-0.2, 0) is 10.0 Å². The first-order chi connectivity index (χ1) is 17.8. The summed E-state index contributed by atoms with van der Waals surface area (Å²) in [6, 6.07) is 7.96. The Balaban J connectivity index is 1.51. The zero-order valence-corrected chi connectivity index (χ0v) is 21.0. The summed E-state index contributed by atoms with van der Waals surface area (Å²) in [6.07, 6.45) is 3.55. The van der Waals surface area contributed by atoms with E-state index >= 15 is 0 Å². The summed E-state index contributed by atoms with van der Waals surface area (Å²) in [5.74, 6) is 0.236. The van der Waals surface area contributed by atoms with Crippen LogP contribution in [0.15, 0.2) is 53.8 Å². The van der Waals surface area contributed by atoms with Gasteiger partial charge in [0, 0.05) is 44.0 Å². The van der Waals surface area contributed by atoms with E-state index in [1.165, 1.54) is 10.6 Å². The molecule has 0 amide bonds. The molecule has 1 saturated heterocycles. The molecule has 37 heavy (non-hydrogen) atoms. The van der Waals surface area contributed by atoms with Crippen molar-refractivity contribution in [2.24, 2.45) is 0 Å². The van der Waals surface area contributed by atoms with Gasteiger partial charge in [0.05, 0.1) is 14.2 Å². The van der Waals surface area contributed by atoms with Gasteiger partial charge in [0.15, 0.2) is 11.5 Å². The Labute approximate surface area is 212 Å². The average Bonchev–Trinajstić information content (AvgIpc) is 3.23. The van der Waals surface area contributed by atoms with E-state index in [0.29, 0.717) is 48.7 Å². The van der Waals surface area contributed by atoms with E-state index in [1.54, 1.807) is 31.0 Å². The molecule has 0 saturated carbocycles. The minimum atomic E-state index is -4.16. The lowest BCUT2D eigenvalue weighted by atomic mass is 10.1. The Bertz CT molecular complexity index is 1560. The van der Waals surface area contributed by atoms with Gasteiger partial charge in [0.1, 0.15) is 28.7 Å². The number of hydrogen-bond donors (Lipinski definition) is 0. The van der Waals surface area contributed by atoms with Crippen LogP contribution in [0, 0.1) is 11.6 Å². The summed E-state index contributed by atoms with van der Waals surface area (Å²) in [4.78, 5) is 10.1. The van der Waals surface area contributed by atoms with E-state index < -0.39 is 26.6 Å². The molecule has 0 N–H and O–H groups in total. The standard InChI is InChI=1S/C24H24F2N6O4S/c1-35-20-6-4-16(12-21(20)36-2)18-14-27-24-28-15-29-32(24)23(18)30-8-3-9-31(11-10-30)37(33,34)22-7-5-17(25)13-19(22)26/h4-7,12-15H,3,8-11H2,1-2H3. The SMILES string of the molecule is COc1ccc(-c2cnc3ncnn3c2N2CCCN(S(=O)(=O)c3ccc(F)cc3F)CC2)cc1OC. The van der Waals surface area contributed by atoms with Crippen LogP contribution in [0.25, 0.3) is 16.9 Å². The van der Waals surface area contributed by atoms with Gasteiger partial charge in [0.25, 0.3) is 5.78 Å². The molecule has 0 radical (unpaired) electrons. The quantitative estimate of drug-likeness (QED) is 0.375. The van der Waals surface area contributed by atoms with Gasteiger partial charge in [-0.1, -0.05) is 6.07 Å². The molecule has 2 aromatic carbocycles. The third-order valence-corrected chi connectivity index (χ3v) is 8.17. The fraction of sp³-hybridized carbons (Fsp3) is 0.292. The zero-order chi connectivity index (χ0) is 26.2. The summed E-state index contributed by atoms with van der Waals surface area (Å²) in [5.41, 5.74) is 1.53. The molecule has 4 aromatic rings. The number of fused-ring (bicyclic) bond motifs is 1. The van der Waals surface area contributed by atoms with Crippen LogP contribution in [0.5, 0.6) is 11.5 Å². The molecule has 1 fully saturated rings. The summed E-state index contributed by atoms with van der Waals surface area (Å²) in [5, 5.41) is 4.35. The second-order valence-electron chi connectivity index (χ2n) is 8.36. The first-order valence-corrected chi connectivity index (χ1v) is 12.9. The Morgan fingerprint density at radius 1 is 0.919 bits per heavy atom. The Hall–Kier alpha value is -3.84. The third kappa shape index (κ3) is 4.55. The molecular weight excluding hydrogens is 506 g/mol. The number of nitrogens with zero attached hydrogens (tertiary/aromatic N) is 6. The highest BCUT2D eigenvalue weighted by Gasteiger charge is 2.31. The highest BCUT2D eigenvalue weighted by Crippen LogP contribution is 2.37. The maximum absolute atomic E-state index is 14.3. The van der Waals surface area contributed by atoms with Crippen molar-refractivity contribution in [1.29, 1.82) is 0 Å². The van der Waals surface area contributed by atoms with Crippen LogP contribution in [-0.4, -0.2) is 72.7 Å². The highest BCUT2D eigenvalue weighted by molar-refractivity contribution is 7.89. The molecule has 10 nitrogen and oxygen atoms in total. The molecule has 0 unspecified atom stereocenters. The summed E-state index contributed by atoms with van der Waals surface area (Å²) < 4.78 is 67.7. The monoisotopic (exact) mass is 530 g/mol. The van der Waals surface area contributed by atoms with Crippen LogP contribution < -0.4 is 14.4 Å². The van der Waals surface area contributed by atoms with E-state index in [4.69, 9.17) is 9.47 Å². The van der Waals surface area contributed by atoms with Crippen LogP contribution in [0.2, 0.25) is 0 Å². The molecule has 3 heterocycles. The van der Waals surface area contributed by atoms with Crippen molar-refractivity contribution in [1.82, 2.24) is 23.9 Å². The van der Waals surface area contributed by atoms with Gasteiger partial charge in [-0.2, -0.15) is 18.9 Å². The van der Waals surface area contributed by atoms with Gasteiger partial charge in [-0.05, 0) is 36.2 Å². The van der Waals surface area contributed by atoms with Crippen molar-refractivity contribution in [3.05, 3.63) is 60.6 Å². The first kappa shape index (κ1) is 24.8. The first-order valence-electron chi connectivity index (χ1n) is 11.4. The summed E-state index contributed by atoms with van der Waals surface area (Å²) in [7, 11) is -1.05. The Morgan fingerprint density at radius 2 is 1.73 bits per heavy atom. The number of rotatable bonds is 6. The maximum Gasteiger partial charge on any atom is 0.254 e. The van der Waals surface area contributed by atoms with E-state index in [-0.39, 0.29) is 13.1 Å². The predicted octanol–water partition coefficient (Wildman–Crippen LogP) is 2.99. The van der Waals surface area contributed by atoms with Crippen LogP contribution in [0.3, 0.4) is 0 Å². The molecule has 0 bridgehead atoms. The Kier molecular flexibility index (Phi) is 6.65. The molecular formula is C24H24F2N6O4S. The second kappa shape index (κ2) is 9.90. The number of aromatic nitrogens is 4. The number of halogens is 2. The predicted molar refractivity (Wildman–Crippen MR) is 131 cm³/mol. The average molecular weight is 531 g/mol. The molecule has 2 aromatic heterocycles. The highest BCUT2D eigenvalue weighted by atomic mass is 32.2. The van der Waals surface area contributed by atoms with Gasteiger partial charge < -0.3 is 14.4 Å². The van der Waals surface area contributed by atoms with E-state index in [9.17, 15) is 17.2 Å². The molecule has 13 heteroatoms. The maximum atomic E-state index is 14.3. The minimum Gasteiger partial charge on any atom is -0.493 e. The molecule has 0 aliphatic carbocycles. The fourth-order valence-electron chi connectivity index (χ4n) is 4.45. The number of anilines is 1. The number of benzene rings is 2. The van der Waals surface area contributed by atoms with Crippen molar-refractivity contribution in [3.63, 3.8) is 0 Å². The van der Waals surface area contributed by atoms with E-state index in [2.05, 4.69) is 15.1 Å². The van der Waals surface area contributed by atoms with Gasteiger partial charge in [-0.15, -0.1) is 0 Å². The van der Waals surface area contributed by atoms with E-state index in [0.717, 1.165) is 23.3 Å². The minimum absolute atomic E-state index is 0.0863. The lowest BCUT2D eigenvalue weighted by Gasteiger charge is -2.26. The van der Waals surface area contributed by atoms with Crippen LogP contribution >= 0.6 is 0 Å². The molecule has 0 atom stereocenters. The molecule has 5 rings (SSSR count). The number of ether oxygens (including phenoxy) is 2. The van der Waals surface area contributed by atoms with Crippen molar-refractivity contribution in [2.45, 2.75) is 11.3 Å². The lowest BCUT2D eigenvalue weighted by molar-refractivity contribution is 0.355. The van der Waals surface area contributed by atoms with Crippen molar-refractivity contribution in [2.75, 3.05) is 45.3 Å². The third-order valence-electron chi connectivity index (χ3n) is 6.24. The van der Waals surface area contributed by atoms with E-state index in [1.807, 2.05) is 17.0 Å². The van der Waals surface area contributed by atoms with Gasteiger partial charge in [-0.25, -0.2) is 22.2 Å². The van der Waals surface area contributed by atoms with Gasteiger partial charge in [-0.3, -0.25) is 0 Å². The summed E-state index contributed by atoms with van der Waals surface area (Å²) >= 11 is 0.